The summed E-state index contributed by atoms with van der Waals surface area (Å²) >= 11 is 5.97. The Morgan fingerprint density at radius 3 is 2.43 bits per heavy atom. The number of halogens is 2. The first-order valence-electron chi connectivity index (χ1n) is 9.26. The molecule has 1 aromatic heterocycles. The average Bonchev–Trinajstić information content (AvgIpc) is 2.63. The van der Waals surface area contributed by atoms with Gasteiger partial charge in [-0.2, -0.15) is 4.98 Å². The van der Waals surface area contributed by atoms with E-state index >= 15 is 0 Å². The summed E-state index contributed by atoms with van der Waals surface area (Å²) < 4.78 is 0. The van der Waals surface area contributed by atoms with Crippen LogP contribution >= 0.6 is 24.0 Å². The Morgan fingerprint density at radius 1 is 1.11 bits per heavy atom. The highest BCUT2D eigenvalue weighted by molar-refractivity contribution is 6.30. The molecule has 1 amide bonds. The average molecular weight is 424 g/mol. The molecule has 0 aliphatic heterocycles. The third-order valence-corrected chi connectivity index (χ3v) is 5.02. The predicted molar refractivity (Wildman–Crippen MR) is 117 cm³/mol. The van der Waals surface area contributed by atoms with Crippen LogP contribution in [-0.4, -0.2) is 42.1 Å². The van der Waals surface area contributed by atoms with Crippen LogP contribution < -0.4 is 15.5 Å². The van der Waals surface area contributed by atoms with Crippen LogP contribution in [0.3, 0.4) is 0 Å². The van der Waals surface area contributed by atoms with Gasteiger partial charge in [0, 0.05) is 48.5 Å². The number of nitrogens with one attached hydrogen (secondary N) is 2. The lowest BCUT2D eigenvalue weighted by Crippen LogP contribution is -2.40. The highest BCUT2D eigenvalue weighted by Gasteiger charge is 2.23. The molecular formula is C20H27Cl2N5O. The molecule has 2 aromatic rings. The summed E-state index contributed by atoms with van der Waals surface area (Å²) in [5.74, 6) is 1.50. The number of rotatable bonds is 5. The predicted octanol–water partition coefficient (Wildman–Crippen LogP) is 4.08. The van der Waals surface area contributed by atoms with Crippen molar-refractivity contribution >= 4 is 41.7 Å². The zero-order valence-corrected chi connectivity index (χ0v) is 18.0. The normalized spacial score (nSPS) is 18.7. The van der Waals surface area contributed by atoms with E-state index in [1.165, 1.54) is 0 Å². The van der Waals surface area contributed by atoms with Crippen molar-refractivity contribution in [2.45, 2.75) is 44.7 Å². The highest BCUT2D eigenvalue weighted by atomic mass is 35.5. The topological polar surface area (TPSA) is 70.2 Å². The van der Waals surface area contributed by atoms with Crippen LogP contribution in [0.5, 0.6) is 0 Å². The van der Waals surface area contributed by atoms with Crippen molar-refractivity contribution in [2.75, 3.05) is 24.3 Å². The number of amides is 1. The molecule has 8 heteroatoms. The van der Waals surface area contributed by atoms with E-state index in [2.05, 4.69) is 20.6 Å². The lowest BCUT2D eigenvalue weighted by Gasteiger charge is -2.30. The fourth-order valence-corrected chi connectivity index (χ4v) is 3.50. The molecule has 0 radical (unpaired) electrons. The number of carbonyl (C=O) groups excluding carboxylic acids is 1. The molecule has 0 unspecified atom stereocenters. The standard InChI is InChI=1S/C20H26ClN5O.ClH/c1-13-11-18(26(2)3)25-20(22-13)24-17-9-7-16(8-10-17)23-19(27)14-5-4-6-15(21)12-14;/h4-6,11-12,16-17H,7-10H2,1-3H3,(H,23,27)(H,22,24,25);1H/t16-,17+;. The van der Waals surface area contributed by atoms with Crippen LogP contribution in [0.1, 0.15) is 41.7 Å². The Kier molecular flexibility index (Phi) is 7.89. The molecule has 1 aromatic carbocycles. The van der Waals surface area contributed by atoms with Crippen LogP contribution in [0.4, 0.5) is 11.8 Å². The second kappa shape index (κ2) is 9.94. The molecule has 2 N–H and O–H groups in total. The Morgan fingerprint density at radius 2 is 1.79 bits per heavy atom. The molecule has 1 aliphatic carbocycles. The molecule has 0 atom stereocenters. The number of anilines is 2. The fraction of sp³-hybridized carbons (Fsp3) is 0.450. The van der Waals surface area contributed by atoms with Gasteiger partial charge in [-0.05, 0) is 50.8 Å². The molecule has 0 spiro atoms. The molecule has 0 bridgehead atoms. The van der Waals surface area contributed by atoms with Crippen molar-refractivity contribution < 1.29 is 4.79 Å². The van der Waals surface area contributed by atoms with E-state index in [-0.39, 0.29) is 24.4 Å². The molecule has 1 saturated carbocycles. The summed E-state index contributed by atoms with van der Waals surface area (Å²) in [4.78, 5) is 23.4. The minimum atomic E-state index is -0.0634. The number of aromatic nitrogens is 2. The van der Waals surface area contributed by atoms with Crippen molar-refractivity contribution in [3.05, 3.63) is 46.6 Å². The van der Waals surface area contributed by atoms with Crippen LogP contribution in [0.15, 0.2) is 30.3 Å². The number of benzene rings is 1. The van der Waals surface area contributed by atoms with E-state index in [0.717, 1.165) is 37.2 Å². The van der Waals surface area contributed by atoms with Crippen molar-refractivity contribution in [3.8, 4) is 0 Å². The van der Waals surface area contributed by atoms with Gasteiger partial charge in [0.05, 0.1) is 0 Å². The van der Waals surface area contributed by atoms with Crippen LogP contribution in [0, 0.1) is 6.92 Å². The Balaban J connectivity index is 0.00000280. The van der Waals surface area contributed by atoms with Gasteiger partial charge in [-0.3, -0.25) is 4.79 Å². The largest absolute Gasteiger partial charge is 0.363 e. The summed E-state index contributed by atoms with van der Waals surface area (Å²) in [6.07, 6.45) is 3.79. The first kappa shape index (κ1) is 22.2. The minimum Gasteiger partial charge on any atom is -0.363 e. The Hall–Kier alpha value is -2.05. The van der Waals surface area contributed by atoms with E-state index in [1.807, 2.05) is 32.0 Å². The third kappa shape index (κ3) is 5.97. The molecule has 6 nitrogen and oxygen atoms in total. The Labute approximate surface area is 177 Å². The molecular weight excluding hydrogens is 397 g/mol. The summed E-state index contributed by atoms with van der Waals surface area (Å²) in [6.45, 7) is 1.97. The second-order valence-corrected chi connectivity index (χ2v) is 7.70. The molecule has 28 heavy (non-hydrogen) atoms. The van der Waals surface area contributed by atoms with Gasteiger partial charge in [0.1, 0.15) is 5.82 Å². The van der Waals surface area contributed by atoms with E-state index in [0.29, 0.717) is 22.6 Å². The molecule has 3 rings (SSSR count). The number of hydrogen-bond donors (Lipinski definition) is 2. The SMILES string of the molecule is Cc1cc(N(C)C)nc(N[C@H]2CC[C@@H](NC(=O)c3cccc(Cl)c3)CC2)n1.Cl. The molecule has 152 valence electrons. The molecule has 1 aliphatic rings. The van der Waals surface area contributed by atoms with Crippen molar-refractivity contribution in [2.24, 2.45) is 0 Å². The summed E-state index contributed by atoms with van der Waals surface area (Å²) in [5.41, 5.74) is 1.55. The van der Waals surface area contributed by atoms with Gasteiger partial charge in [0.25, 0.3) is 5.91 Å². The highest BCUT2D eigenvalue weighted by Crippen LogP contribution is 2.23. The fourth-order valence-electron chi connectivity index (χ4n) is 3.31. The van der Waals surface area contributed by atoms with E-state index < -0.39 is 0 Å². The lowest BCUT2D eigenvalue weighted by atomic mass is 9.91. The quantitative estimate of drug-likeness (QED) is 0.757. The van der Waals surface area contributed by atoms with Crippen molar-refractivity contribution in [1.82, 2.24) is 15.3 Å². The maximum absolute atomic E-state index is 12.4. The number of nitrogens with zero attached hydrogens (tertiary/aromatic N) is 3. The van der Waals surface area contributed by atoms with E-state index in [9.17, 15) is 4.79 Å². The van der Waals surface area contributed by atoms with E-state index in [1.54, 1.807) is 24.3 Å². The zero-order valence-electron chi connectivity index (χ0n) is 16.4. The van der Waals surface area contributed by atoms with Crippen LogP contribution in [0.25, 0.3) is 0 Å². The van der Waals surface area contributed by atoms with Gasteiger partial charge in [-0.25, -0.2) is 4.98 Å². The summed E-state index contributed by atoms with van der Waals surface area (Å²) in [6, 6.07) is 9.51. The van der Waals surface area contributed by atoms with E-state index in [4.69, 9.17) is 11.6 Å². The van der Waals surface area contributed by atoms with Gasteiger partial charge >= 0.3 is 0 Å². The van der Waals surface area contributed by atoms with Crippen molar-refractivity contribution in [3.63, 3.8) is 0 Å². The first-order valence-corrected chi connectivity index (χ1v) is 9.64. The molecule has 1 fully saturated rings. The van der Waals surface area contributed by atoms with Gasteiger partial charge in [0.15, 0.2) is 0 Å². The summed E-state index contributed by atoms with van der Waals surface area (Å²) in [7, 11) is 3.94. The maximum Gasteiger partial charge on any atom is 0.251 e. The summed E-state index contributed by atoms with van der Waals surface area (Å²) in [5, 5.41) is 7.14. The van der Waals surface area contributed by atoms with Crippen LogP contribution in [0.2, 0.25) is 5.02 Å². The number of carbonyl (C=O) groups is 1. The Bertz CT molecular complexity index is 807. The smallest absolute Gasteiger partial charge is 0.251 e. The first-order chi connectivity index (χ1) is 12.9. The lowest BCUT2D eigenvalue weighted by molar-refractivity contribution is 0.0926. The van der Waals surface area contributed by atoms with Gasteiger partial charge in [-0.1, -0.05) is 17.7 Å². The second-order valence-electron chi connectivity index (χ2n) is 7.26. The van der Waals surface area contributed by atoms with Crippen LogP contribution in [-0.2, 0) is 0 Å². The van der Waals surface area contributed by atoms with Gasteiger partial charge in [-0.15, -0.1) is 12.4 Å². The number of aryl methyl sites for hydroxylation is 1. The molecule has 1 heterocycles. The monoisotopic (exact) mass is 423 g/mol. The zero-order chi connectivity index (χ0) is 19.4. The van der Waals surface area contributed by atoms with Gasteiger partial charge in [0.2, 0.25) is 5.95 Å². The van der Waals surface area contributed by atoms with Crippen molar-refractivity contribution in [1.29, 1.82) is 0 Å². The van der Waals surface area contributed by atoms with Gasteiger partial charge < -0.3 is 15.5 Å². The minimum absolute atomic E-state index is 0. The maximum atomic E-state index is 12.4. The third-order valence-electron chi connectivity index (χ3n) is 4.78. The number of hydrogen-bond acceptors (Lipinski definition) is 5. The molecule has 0 saturated heterocycles.